The molecule has 0 radical (unpaired) electrons. The molecule has 0 atom stereocenters. The Morgan fingerprint density at radius 2 is 1.58 bits per heavy atom. The van der Waals surface area contributed by atoms with Gasteiger partial charge in [-0.25, -0.2) is 0 Å². The van der Waals surface area contributed by atoms with Crippen molar-refractivity contribution in [3.8, 4) is 0 Å². The lowest BCUT2D eigenvalue weighted by Gasteiger charge is -2.30. The minimum Gasteiger partial charge on any atom is -0.378 e. The maximum atomic E-state index is 5.46. The predicted molar refractivity (Wildman–Crippen MR) is 102 cm³/mol. The Morgan fingerprint density at radius 1 is 0.923 bits per heavy atom. The van der Waals surface area contributed by atoms with E-state index in [1.807, 2.05) is 18.2 Å². The van der Waals surface area contributed by atoms with Crippen molar-refractivity contribution in [3.05, 3.63) is 29.8 Å². The van der Waals surface area contributed by atoms with E-state index in [0.717, 1.165) is 56.5 Å². The Bertz CT molecular complexity index is 706. The Hall–Kier alpha value is -2.45. The lowest BCUT2D eigenvalue weighted by Crippen LogP contribution is -2.44. The van der Waals surface area contributed by atoms with Crippen molar-refractivity contribution in [2.45, 2.75) is 6.92 Å². The molecule has 2 aliphatic rings. The number of ether oxygens (including phenoxy) is 1. The van der Waals surface area contributed by atoms with Crippen molar-refractivity contribution in [3.63, 3.8) is 0 Å². The van der Waals surface area contributed by atoms with Crippen molar-refractivity contribution in [1.82, 2.24) is 20.3 Å². The van der Waals surface area contributed by atoms with Gasteiger partial charge in [0.2, 0.25) is 17.8 Å². The molecule has 26 heavy (non-hydrogen) atoms. The molecular weight excluding hydrogens is 330 g/mol. The third kappa shape index (κ3) is 3.86. The van der Waals surface area contributed by atoms with Crippen molar-refractivity contribution in [2.75, 3.05) is 67.6 Å². The molecule has 8 nitrogen and oxygen atoms in total. The summed E-state index contributed by atoms with van der Waals surface area (Å²) in [6, 6.07) is 8.15. The van der Waals surface area contributed by atoms with Gasteiger partial charge in [-0.2, -0.15) is 15.0 Å². The third-order valence-electron chi connectivity index (χ3n) is 4.70. The van der Waals surface area contributed by atoms with E-state index < -0.39 is 0 Å². The van der Waals surface area contributed by atoms with Crippen LogP contribution in [-0.2, 0) is 4.74 Å². The average Bonchev–Trinajstić information content (AvgIpc) is 2.71. The first-order valence-electron chi connectivity index (χ1n) is 9.17. The fourth-order valence-corrected chi connectivity index (χ4v) is 3.15. The first-order valence-corrected chi connectivity index (χ1v) is 9.17. The summed E-state index contributed by atoms with van der Waals surface area (Å²) in [5.74, 6) is 2.04. The van der Waals surface area contributed by atoms with Gasteiger partial charge in [-0.1, -0.05) is 18.2 Å². The average molecular weight is 355 g/mol. The zero-order valence-electron chi connectivity index (χ0n) is 15.1. The van der Waals surface area contributed by atoms with E-state index in [4.69, 9.17) is 14.7 Å². The smallest absolute Gasteiger partial charge is 0.233 e. The summed E-state index contributed by atoms with van der Waals surface area (Å²) in [6.45, 7) is 8.77. The lowest BCUT2D eigenvalue weighted by atomic mass is 10.2. The molecule has 0 saturated carbocycles. The summed E-state index contributed by atoms with van der Waals surface area (Å²) in [4.78, 5) is 18.5. The maximum absolute atomic E-state index is 5.46. The van der Waals surface area contributed by atoms with Gasteiger partial charge >= 0.3 is 0 Å². The molecule has 0 spiro atoms. The molecule has 2 fully saturated rings. The lowest BCUT2D eigenvalue weighted by molar-refractivity contribution is 0.122. The van der Waals surface area contributed by atoms with E-state index in [-0.39, 0.29) is 0 Å². The highest BCUT2D eigenvalue weighted by molar-refractivity contribution is 5.60. The van der Waals surface area contributed by atoms with E-state index in [1.165, 1.54) is 0 Å². The van der Waals surface area contributed by atoms with Crippen molar-refractivity contribution >= 4 is 23.5 Å². The molecule has 138 valence electrons. The van der Waals surface area contributed by atoms with Crippen LogP contribution in [0.4, 0.5) is 23.5 Å². The SMILES string of the molecule is Cc1ccccc1Nc1nc(N2CCNCC2)nc(N2CCOCC2)n1. The molecule has 2 aliphatic heterocycles. The second kappa shape index (κ2) is 7.84. The van der Waals surface area contributed by atoms with Crippen LogP contribution in [0.2, 0.25) is 0 Å². The fourth-order valence-electron chi connectivity index (χ4n) is 3.15. The number of nitrogens with one attached hydrogen (secondary N) is 2. The van der Waals surface area contributed by atoms with Crippen LogP contribution < -0.4 is 20.4 Å². The van der Waals surface area contributed by atoms with Gasteiger partial charge < -0.3 is 25.2 Å². The number of anilines is 4. The third-order valence-corrected chi connectivity index (χ3v) is 4.70. The van der Waals surface area contributed by atoms with Gasteiger partial charge in [0.15, 0.2) is 0 Å². The molecule has 2 N–H and O–H groups in total. The molecular formula is C18H25N7O. The minimum atomic E-state index is 0.587. The highest BCUT2D eigenvalue weighted by Gasteiger charge is 2.20. The van der Waals surface area contributed by atoms with Gasteiger partial charge in [0.1, 0.15) is 0 Å². The highest BCUT2D eigenvalue weighted by atomic mass is 16.5. The molecule has 1 aromatic carbocycles. The highest BCUT2D eigenvalue weighted by Crippen LogP contribution is 2.22. The van der Waals surface area contributed by atoms with Crippen LogP contribution in [0.1, 0.15) is 5.56 Å². The van der Waals surface area contributed by atoms with Crippen molar-refractivity contribution in [1.29, 1.82) is 0 Å². The number of morpholine rings is 1. The van der Waals surface area contributed by atoms with Crippen LogP contribution in [0.5, 0.6) is 0 Å². The predicted octanol–water partition coefficient (Wildman–Crippen LogP) is 1.17. The standard InChI is InChI=1S/C18H25N7O/c1-14-4-2-3-5-15(14)20-16-21-17(24-8-6-19-7-9-24)23-18(22-16)25-10-12-26-13-11-25/h2-5,19H,6-13H2,1H3,(H,20,21,22,23). The van der Waals surface area contributed by atoms with Crippen LogP contribution in [0.25, 0.3) is 0 Å². The molecule has 0 aliphatic carbocycles. The van der Waals surface area contributed by atoms with Crippen LogP contribution in [-0.4, -0.2) is 67.4 Å². The fraction of sp³-hybridized carbons (Fsp3) is 0.500. The van der Waals surface area contributed by atoms with E-state index in [9.17, 15) is 0 Å². The maximum Gasteiger partial charge on any atom is 0.233 e. The number of benzene rings is 1. The van der Waals surface area contributed by atoms with Crippen LogP contribution in [0, 0.1) is 6.92 Å². The Balaban J connectivity index is 1.66. The van der Waals surface area contributed by atoms with Gasteiger partial charge in [-0.3, -0.25) is 0 Å². The largest absolute Gasteiger partial charge is 0.378 e. The summed E-state index contributed by atoms with van der Waals surface area (Å²) in [5, 5.41) is 6.74. The van der Waals surface area contributed by atoms with Crippen LogP contribution in [0.15, 0.2) is 24.3 Å². The number of nitrogens with zero attached hydrogens (tertiary/aromatic N) is 5. The quantitative estimate of drug-likeness (QED) is 0.846. The second-order valence-corrected chi connectivity index (χ2v) is 6.54. The van der Waals surface area contributed by atoms with Crippen LogP contribution in [0.3, 0.4) is 0 Å². The van der Waals surface area contributed by atoms with E-state index in [0.29, 0.717) is 25.1 Å². The Morgan fingerprint density at radius 3 is 2.27 bits per heavy atom. The van der Waals surface area contributed by atoms with Gasteiger partial charge in [-0.15, -0.1) is 0 Å². The van der Waals surface area contributed by atoms with E-state index in [2.05, 4.69) is 38.4 Å². The molecule has 0 bridgehead atoms. The zero-order chi connectivity index (χ0) is 17.8. The summed E-state index contributed by atoms with van der Waals surface area (Å²) in [5.41, 5.74) is 2.17. The topological polar surface area (TPSA) is 78.4 Å². The van der Waals surface area contributed by atoms with E-state index >= 15 is 0 Å². The number of aryl methyl sites for hydroxylation is 1. The molecule has 4 rings (SSSR count). The van der Waals surface area contributed by atoms with Crippen LogP contribution >= 0.6 is 0 Å². The molecule has 2 aromatic rings. The Labute approximate surface area is 153 Å². The van der Waals surface area contributed by atoms with Crippen molar-refractivity contribution < 1.29 is 4.74 Å². The van der Waals surface area contributed by atoms with Gasteiger partial charge in [0, 0.05) is 45.0 Å². The molecule has 1 aromatic heterocycles. The molecule has 2 saturated heterocycles. The summed E-state index contributed by atoms with van der Waals surface area (Å²) < 4.78 is 5.46. The first-order chi connectivity index (χ1) is 12.8. The van der Waals surface area contributed by atoms with E-state index in [1.54, 1.807) is 0 Å². The zero-order valence-corrected chi connectivity index (χ0v) is 15.1. The number of piperazine rings is 1. The monoisotopic (exact) mass is 355 g/mol. The van der Waals surface area contributed by atoms with Crippen molar-refractivity contribution in [2.24, 2.45) is 0 Å². The number of hydrogen-bond donors (Lipinski definition) is 2. The molecule has 0 amide bonds. The Kier molecular flexibility index (Phi) is 5.12. The van der Waals surface area contributed by atoms with Gasteiger partial charge in [0.05, 0.1) is 13.2 Å². The minimum absolute atomic E-state index is 0.587. The summed E-state index contributed by atoms with van der Waals surface area (Å²) >= 11 is 0. The summed E-state index contributed by atoms with van der Waals surface area (Å²) in [6.07, 6.45) is 0. The normalized spacial score (nSPS) is 18.0. The molecule has 8 heteroatoms. The number of rotatable bonds is 4. The molecule has 0 unspecified atom stereocenters. The number of hydrogen-bond acceptors (Lipinski definition) is 8. The van der Waals surface area contributed by atoms with Gasteiger partial charge in [0.25, 0.3) is 0 Å². The number of aromatic nitrogens is 3. The second-order valence-electron chi connectivity index (χ2n) is 6.54. The van der Waals surface area contributed by atoms with Gasteiger partial charge in [-0.05, 0) is 18.6 Å². The number of para-hydroxylation sites is 1. The molecule has 3 heterocycles. The first kappa shape index (κ1) is 17.0. The summed E-state index contributed by atoms with van der Waals surface area (Å²) in [7, 11) is 0.